The lowest BCUT2D eigenvalue weighted by molar-refractivity contribution is -0.121. The SMILES string of the molecule is CCN(CC)c1ccc(/C=C2\SC(=Nc3ccc(Br)c(Cl)c3)N(C)C2=O)c(OCc2ccc(I)cc2)c1. The second-order valence-electron chi connectivity index (χ2n) is 8.28. The van der Waals surface area contributed by atoms with Gasteiger partial charge in [0, 0.05) is 45.5 Å². The van der Waals surface area contributed by atoms with E-state index in [4.69, 9.17) is 16.3 Å². The first-order valence-electron chi connectivity index (χ1n) is 11.8. The van der Waals surface area contributed by atoms with Gasteiger partial charge in [0.05, 0.1) is 15.6 Å². The number of hydrogen-bond acceptors (Lipinski definition) is 5. The van der Waals surface area contributed by atoms with Crippen molar-refractivity contribution in [3.63, 3.8) is 0 Å². The van der Waals surface area contributed by atoms with E-state index in [2.05, 4.69) is 98.7 Å². The Morgan fingerprint density at radius 1 is 1.11 bits per heavy atom. The number of carbonyl (C=O) groups is 1. The lowest BCUT2D eigenvalue weighted by atomic mass is 10.1. The smallest absolute Gasteiger partial charge is 0.266 e. The van der Waals surface area contributed by atoms with Gasteiger partial charge >= 0.3 is 0 Å². The van der Waals surface area contributed by atoms with Crippen LogP contribution in [0.1, 0.15) is 25.0 Å². The number of anilines is 1. The van der Waals surface area contributed by atoms with Crippen LogP contribution in [0.2, 0.25) is 5.02 Å². The highest BCUT2D eigenvalue weighted by molar-refractivity contribution is 14.1. The number of thioether (sulfide) groups is 1. The van der Waals surface area contributed by atoms with Crippen LogP contribution in [0.5, 0.6) is 5.75 Å². The summed E-state index contributed by atoms with van der Waals surface area (Å²) in [5.41, 5.74) is 3.70. The Bertz CT molecular complexity index is 1360. The maximum absolute atomic E-state index is 13.1. The molecule has 0 aromatic heterocycles. The Balaban J connectivity index is 1.65. The van der Waals surface area contributed by atoms with E-state index in [1.54, 1.807) is 18.0 Å². The number of carbonyl (C=O) groups excluding carboxylic acids is 1. The summed E-state index contributed by atoms with van der Waals surface area (Å²) in [7, 11) is 1.73. The summed E-state index contributed by atoms with van der Waals surface area (Å²) in [5, 5.41) is 1.16. The van der Waals surface area contributed by atoms with Gasteiger partial charge in [-0.05, 0) is 118 Å². The van der Waals surface area contributed by atoms with Gasteiger partial charge in [0.2, 0.25) is 0 Å². The van der Waals surface area contributed by atoms with E-state index in [0.29, 0.717) is 27.4 Å². The number of halogens is 3. The number of hydrogen-bond donors (Lipinski definition) is 0. The number of benzene rings is 3. The van der Waals surface area contributed by atoms with Crippen LogP contribution in [0.15, 0.2) is 75.0 Å². The zero-order valence-corrected chi connectivity index (χ0v) is 26.0. The summed E-state index contributed by atoms with van der Waals surface area (Å²) in [4.78, 5) is 22.2. The van der Waals surface area contributed by atoms with E-state index in [9.17, 15) is 4.79 Å². The first-order valence-corrected chi connectivity index (χ1v) is 14.8. The molecule has 0 bridgehead atoms. The molecule has 0 aliphatic carbocycles. The minimum absolute atomic E-state index is 0.108. The quantitative estimate of drug-likeness (QED) is 0.174. The van der Waals surface area contributed by atoms with Crippen molar-refractivity contribution >= 4 is 90.4 Å². The first kappa shape index (κ1) is 28.0. The average Bonchev–Trinajstić information content (AvgIpc) is 3.15. The van der Waals surface area contributed by atoms with Crippen molar-refractivity contribution in [1.82, 2.24) is 4.90 Å². The molecule has 1 amide bonds. The summed E-state index contributed by atoms with van der Waals surface area (Å²) < 4.78 is 8.28. The minimum Gasteiger partial charge on any atom is -0.488 e. The minimum atomic E-state index is -0.108. The maximum atomic E-state index is 13.1. The van der Waals surface area contributed by atoms with Gasteiger partial charge in [-0.15, -0.1) is 0 Å². The molecule has 37 heavy (non-hydrogen) atoms. The molecule has 0 atom stereocenters. The van der Waals surface area contributed by atoms with E-state index < -0.39 is 0 Å². The van der Waals surface area contributed by atoms with Gasteiger partial charge in [-0.1, -0.05) is 23.7 Å². The third-order valence-corrected chi connectivity index (χ3v) is 8.86. The molecule has 1 aliphatic rings. The molecule has 0 spiro atoms. The summed E-state index contributed by atoms with van der Waals surface area (Å²) in [5.74, 6) is 0.625. The second-order valence-corrected chi connectivity index (χ2v) is 11.8. The summed E-state index contributed by atoms with van der Waals surface area (Å²) in [6.07, 6.45) is 1.88. The van der Waals surface area contributed by atoms with E-state index in [1.807, 2.05) is 24.3 Å². The topological polar surface area (TPSA) is 45.1 Å². The van der Waals surface area contributed by atoms with Gasteiger partial charge in [-0.2, -0.15) is 0 Å². The molecule has 3 aromatic carbocycles. The number of amidine groups is 1. The summed E-state index contributed by atoms with van der Waals surface area (Å²) >= 11 is 13.2. The normalized spacial score (nSPS) is 15.6. The highest BCUT2D eigenvalue weighted by Crippen LogP contribution is 2.37. The van der Waals surface area contributed by atoms with Crippen LogP contribution in [0.4, 0.5) is 11.4 Å². The molecule has 1 heterocycles. The molecular weight excluding hydrogens is 685 g/mol. The number of likely N-dealkylation sites (N-methyl/N-ethyl adjacent to an activating group) is 1. The van der Waals surface area contributed by atoms with E-state index in [0.717, 1.165) is 40.1 Å². The third-order valence-electron chi connectivity index (χ3n) is 5.85. The molecule has 192 valence electrons. The van der Waals surface area contributed by atoms with Gasteiger partial charge in [0.1, 0.15) is 12.4 Å². The molecule has 1 aliphatic heterocycles. The van der Waals surface area contributed by atoms with Gasteiger partial charge < -0.3 is 9.64 Å². The zero-order chi connectivity index (χ0) is 26.5. The fourth-order valence-corrected chi connectivity index (χ4v) is 5.51. The average molecular weight is 711 g/mol. The largest absolute Gasteiger partial charge is 0.488 e. The Morgan fingerprint density at radius 2 is 1.84 bits per heavy atom. The standard InChI is InChI=1S/C28H26BrClIN3O2S/c1-4-34(5-2)22-12-8-19(25(16-22)36-17-18-6-9-20(31)10-7-18)14-26-27(35)33(3)28(37-26)32-21-11-13-23(29)24(30)15-21/h6-16H,4-5,17H2,1-3H3/b26-14-,32-28?. The van der Waals surface area contributed by atoms with Crippen LogP contribution in [-0.2, 0) is 11.4 Å². The lowest BCUT2D eigenvalue weighted by Gasteiger charge is -2.22. The molecule has 5 nitrogen and oxygen atoms in total. The van der Waals surface area contributed by atoms with E-state index >= 15 is 0 Å². The predicted molar refractivity (Wildman–Crippen MR) is 168 cm³/mol. The number of aliphatic imine (C=N–C) groups is 1. The van der Waals surface area contributed by atoms with Gasteiger partial charge in [-0.3, -0.25) is 9.69 Å². The molecule has 4 rings (SSSR count). The molecular formula is C28H26BrClIN3O2S. The summed E-state index contributed by atoms with van der Waals surface area (Å²) in [6.45, 7) is 6.50. The fraction of sp³-hybridized carbons (Fsp3) is 0.214. The molecule has 0 saturated carbocycles. The highest BCUT2D eigenvalue weighted by Gasteiger charge is 2.30. The van der Waals surface area contributed by atoms with Crippen LogP contribution in [-0.4, -0.2) is 36.1 Å². The Morgan fingerprint density at radius 3 is 2.51 bits per heavy atom. The number of ether oxygens (including phenoxy) is 1. The van der Waals surface area contributed by atoms with Gasteiger partial charge in [0.25, 0.3) is 5.91 Å². The number of rotatable bonds is 8. The Hall–Kier alpha value is -2.01. The van der Waals surface area contributed by atoms with Crippen molar-refractivity contribution < 1.29 is 9.53 Å². The molecule has 0 unspecified atom stereocenters. The summed E-state index contributed by atoms with van der Waals surface area (Å²) in [6, 6.07) is 19.9. The highest BCUT2D eigenvalue weighted by atomic mass is 127. The van der Waals surface area contributed by atoms with Crippen molar-refractivity contribution in [2.75, 3.05) is 25.0 Å². The van der Waals surface area contributed by atoms with Crippen molar-refractivity contribution in [3.8, 4) is 5.75 Å². The number of amides is 1. The maximum Gasteiger partial charge on any atom is 0.266 e. The molecule has 0 radical (unpaired) electrons. The Kier molecular flexibility index (Phi) is 9.61. The van der Waals surface area contributed by atoms with Crippen LogP contribution in [0, 0.1) is 3.57 Å². The van der Waals surface area contributed by atoms with Crippen LogP contribution >= 0.6 is 61.9 Å². The number of nitrogens with zero attached hydrogens (tertiary/aromatic N) is 3. The predicted octanol–water partition coefficient (Wildman–Crippen LogP) is 8.37. The monoisotopic (exact) mass is 709 g/mol. The van der Waals surface area contributed by atoms with Crippen molar-refractivity contribution in [2.24, 2.45) is 4.99 Å². The Labute approximate surface area is 249 Å². The van der Waals surface area contributed by atoms with Crippen molar-refractivity contribution in [3.05, 3.63) is 89.8 Å². The van der Waals surface area contributed by atoms with E-state index in [1.165, 1.54) is 15.3 Å². The van der Waals surface area contributed by atoms with Crippen LogP contribution in [0.25, 0.3) is 6.08 Å². The van der Waals surface area contributed by atoms with Crippen LogP contribution in [0.3, 0.4) is 0 Å². The van der Waals surface area contributed by atoms with E-state index in [-0.39, 0.29) is 5.91 Å². The third kappa shape index (κ3) is 6.90. The van der Waals surface area contributed by atoms with Crippen molar-refractivity contribution in [2.45, 2.75) is 20.5 Å². The molecule has 1 saturated heterocycles. The molecule has 3 aromatic rings. The van der Waals surface area contributed by atoms with Gasteiger partial charge in [0.15, 0.2) is 5.17 Å². The zero-order valence-electron chi connectivity index (χ0n) is 20.7. The van der Waals surface area contributed by atoms with Gasteiger partial charge in [-0.25, -0.2) is 4.99 Å². The second kappa shape index (κ2) is 12.7. The fourth-order valence-electron chi connectivity index (χ4n) is 3.75. The molecule has 0 N–H and O–H groups in total. The molecule has 9 heteroatoms. The molecule has 1 fully saturated rings. The first-order chi connectivity index (χ1) is 17.8. The van der Waals surface area contributed by atoms with Crippen molar-refractivity contribution in [1.29, 1.82) is 0 Å². The van der Waals surface area contributed by atoms with Crippen LogP contribution < -0.4 is 9.64 Å². The lowest BCUT2D eigenvalue weighted by Crippen LogP contribution is -2.23.